The number of nitrogens with zero attached hydrogens (tertiary/aromatic N) is 3. The van der Waals surface area contributed by atoms with E-state index in [9.17, 15) is 0 Å². The quantitative estimate of drug-likeness (QED) is 0.774. The Morgan fingerprint density at radius 3 is 2.77 bits per heavy atom. The molecule has 1 aromatic carbocycles. The van der Waals surface area contributed by atoms with Gasteiger partial charge in [-0.15, -0.1) is 0 Å². The van der Waals surface area contributed by atoms with Gasteiger partial charge in [0, 0.05) is 31.7 Å². The highest BCUT2D eigenvalue weighted by Gasteiger charge is 2.38. The molecule has 2 bridgehead atoms. The van der Waals surface area contributed by atoms with Gasteiger partial charge in [0.1, 0.15) is 5.82 Å². The van der Waals surface area contributed by atoms with E-state index in [0.29, 0.717) is 36.8 Å². The zero-order valence-corrected chi connectivity index (χ0v) is 15.7. The van der Waals surface area contributed by atoms with Crippen LogP contribution < -0.4 is 10.2 Å². The molecule has 1 aromatic heterocycles. The Bertz CT molecular complexity index is 776. The fourth-order valence-corrected chi connectivity index (χ4v) is 4.24. The molecule has 138 valence electrons. The first-order valence-corrected chi connectivity index (χ1v) is 9.76. The number of piperidine rings is 1. The molecule has 3 aliphatic rings. The third-order valence-corrected chi connectivity index (χ3v) is 5.61. The molecule has 0 amide bonds. The summed E-state index contributed by atoms with van der Waals surface area (Å²) in [7, 11) is 0. The van der Waals surface area contributed by atoms with Gasteiger partial charge >= 0.3 is 0 Å². The number of aliphatic hydroxyl groups excluding tert-OH is 1. The molecule has 1 saturated heterocycles. The minimum Gasteiger partial charge on any atom is -0.396 e. The van der Waals surface area contributed by atoms with Gasteiger partial charge in [-0.3, -0.25) is 0 Å². The lowest BCUT2D eigenvalue weighted by Gasteiger charge is -2.47. The average Bonchev–Trinajstić information content (AvgIpc) is 2.68. The molecular weight excluding hydrogens is 324 g/mol. The van der Waals surface area contributed by atoms with Crippen LogP contribution in [0.5, 0.6) is 0 Å². The Morgan fingerprint density at radius 2 is 2.00 bits per heavy atom. The minimum absolute atomic E-state index is 0.177. The fourth-order valence-electron chi connectivity index (χ4n) is 4.24. The molecule has 5 rings (SSSR count). The maximum absolute atomic E-state index is 9.02. The van der Waals surface area contributed by atoms with Gasteiger partial charge in [-0.1, -0.05) is 38.1 Å². The molecule has 2 N–H and O–H groups in total. The Kier molecular flexibility index (Phi) is 4.81. The number of anilines is 2. The SMILES string of the molecule is CC(C)c1cc(N2C[C@H]3CC[C@H]2c2ccccc23)nc(NCCCO)n1. The van der Waals surface area contributed by atoms with Gasteiger partial charge in [0.2, 0.25) is 5.95 Å². The molecule has 0 saturated carbocycles. The molecule has 2 aromatic rings. The highest BCUT2D eigenvalue weighted by atomic mass is 16.3. The molecule has 1 aliphatic carbocycles. The van der Waals surface area contributed by atoms with Crippen LogP contribution in [-0.2, 0) is 0 Å². The number of aromatic nitrogens is 2. The maximum Gasteiger partial charge on any atom is 0.224 e. The first-order valence-electron chi connectivity index (χ1n) is 9.76. The molecule has 5 heteroatoms. The topological polar surface area (TPSA) is 61.3 Å². The van der Waals surface area contributed by atoms with Crippen molar-refractivity contribution >= 4 is 11.8 Å². The lowest BCUT2D eigenvalue weighted by atomic mass is 9.75. The number of nitrogens with one attached hydrogen (secondary N) is 1. The van der Waals surface area contributed by atoms with E-state index in [-0.39, 0.29) is 6.61 Å². The number of aliphatic hydroxyl groups is 1. The first kappa shape index (κ1) is 17.3. The van der Waals surface area contributed by atoms with E-state index in [2.05, 4.69) is 59.4 Å². The van der Waals surface area contributed by atoms with Crippen LogP contribution in [0.15, 0.2) is 30.3 Å². The molecule has 2 aliphatic heterocycles. The normalized spacial score (nSPS) is 21.2. The maximum atomic E-state index is 9.02. The summed E-state index contributed by atoms with van der Waals surface area (Å²) >= 11 is 0. The first-order chi connectivity index (χ1) is 12.7. The summed E-state index contributed by atoms with van der Waals surface area (Å²) in [4.78, 5) is 12.0. The zero-order chi connectivity index (χ0) is 18.1. The number of benzene rings is 1. The van der Waals surface area contributed by atoms with Crippen molar-refractivity contribution in [1.29, 1.82) is 0 Å². The van der Waals surface area contributed by atoms with E-state index < -0.39 is 0 Å². The largest absolute Gasteiger partial charge is 0.396 e. The number of fused-ring (bicyclic) bond motifs is 2. The molecular formula is C21H28N4O. The van der Waals surface area contributed by atoms with Crippen molar-refractivity contribution in [2.24, 2.45) is 0 Å². The lowest BCUT2D eigenvalue weighted by Crippen LogP contribution is -2.43. The predicted molar refractivity (Wildman–Crippen MR) is 105 cm³/mol. The Hall–Kier alpha value is -2.14. The number of hydrogen-bond acceptors (Lipinski definition) is 5. The fraction of sp³-hybridized carbons (Fsp3) is 0.524. The molecule has 0 spiro atoms. The van der Waals surface area contributed by atoms with Crippen molar-refractivity contribution in [3.8, 4) is 0 Å². The molecule has 2 atom stereocenters. The summed E-state index contributed by atoms with van der Waals surface area (Å²) in [6.45, 7) is 6.23. The second-order valence-corrected chi connectivity index (χ2v) is 7.70. The average molecular weight is 352 g/mol. The highest BCUT2D eigenvalue weighted by Crippen LogP contribution is 2.48. The van der Waals surface area contributed by atoms with Crippen molar-refractivity contribution in [3.05, 3.63) is 47.2 Å². The van der Waals surface area contributed by atoms with Gasteiger partial charge in [0.25, 0.3) is 0 Å². The van der Waals surface area contributed by atoms with Crippen LogP contribution in [0.4, 0.5) is 11.8 Å². The van der Waals surface area contributed by atoms with Crippen molar-refractivity contribution in [3.63, 3.8) is 0 Å². The smallest absolute Gasteiger partial charge is 0.224 e. The van der Waals surface area contributed by atoms with Crippen LogP contribution in [0.3, 0.4) is 0 Å². The van der Waals surface area contributed by atoms with Gasteiger partial charge in [-0.2, -0.15) is 4.98 Å². The van der Waals surface area contributed by atoms with E-state index in [1.165, 1.54) is 24.0 Å². The monoisotopic (exact) mass is 352 g/mol. The van der Waals surface area contributed by atoms with Gasteiger partial charge in [0.15, 0.2) is 0 Å². The van der Waals surface area contributed by atoms with Crippen LogP contribution in [0, 0.1) is 0 Å². The van der Waals surface area contributed by atoms with Crippen LogP contribution in [-0.4, -0.2) is 34.8 Å². The zero-order valence-electron chi connectivity index (χ0n) is 15.7. The van der Waals surface area contributed by atoms with Crippen LogP contribution in [0.25, 0.3) is 0 Å². The summed E-state index contributed by atoms with van der Waals surface area (Å²) in [6, 6.07) is 11.5. The van der Waals surface area contributed by atoms with Crippen LogP contribution in [0.1, 0.15) is 67.8 Å². The van der Waals surface area contributed by atoms with Crippen molar-refractivity contribution in [1.82, 2.24) is 9.97 Å². The van der Waals surface area contributed by atoms with Gasteiger partial charge in [0.05, 0.1) is 11.7 Å². The van der Waals surface area contributed by atoms with Gasteiger partial charge in [-0.05, 0) is 36.3 Å². The van der Waals surface area contributed by atoms with Crippen molar-refractivity contribution in [2.45, 2.75) is 51.0 Å². The summed E-state index contributed by atoms with van der Waals surface area (Å²) in [5.74, 6) is 2.65. The van der Waals surface area contributed by atoms with Gasteiger partial charge in [-0.25, -0.2) is 4.98 Å². The molecule has 0 radical (unpaired) electrons. The molecule has 0 unspecified atom stereocenters. The second kappa shape index (κ2) is 7.23. The van der Waals surface area contributed by atoms with Crippen molar-refractivity contribution in [2.75, 3.05) is 29.9 Å². The van der Waals surface area contributed by atoms with E-state index >= 15 is 0 Å². The number of rotatable bonds is 6. The standard InChI is InChI=1S/C21H28N4O/c1-14(2)18-12-20(24-21(23-18)22-10-5-11-26)25-13-15-8-9-19(25)17-7-4-3-6-16(15)17/h3-4,6-7,12,14-15,19,26H,5,8-11,13H2,1-2H3,(H,22,23,24)/t15-,19+/m1/s1. The third kappa shape index (κ3) is 3.16. The van der Waals surface area contributed by atoms with E-state index in [1.54, 1.807) is 0 Å². The van der Waals surface area contributed by atoms with Gasteiger partial charge < -0.3 is 15.3 Å². The summed E-state index contributed by atoms with van der Waals surface area (Å²) in [6.07, 6.45) is 3.16. The Morgan fingerprint density at radius 1 is 1.19 bits per heavy atom. The van der Waals surface area contributed by atoms with Crippen LogP contribution >= 0.6 is 0 Å². The van der Waals surface area contributed by atoms with E-state index in [4.69, 9.17) is 10.1 Å². The highest BCUT2D eigenvalue weighted by molar-refractivity contribution is 5.53. The number of hydrogen-bond donors (Lipinski definition) is 2. The summed E-state index contributed by atoms with van der Waals surface area (Å²) in [5.41, 5.74) is 4.06. The van der Waals surface area contributed by atoms with E-state index in [0.717, 1.165) is 18.1 Å². The molecule has 26 heavy (non-hydrogen) atoms. The summed E-state index contributed by atoms with van der Waals surface area (Å²) in [5, 5.41) is 12.3. The van der Waals surface area contributed by atoms with Crippen molar-refractivity contribution < 1.29 is 5.11 Å². The lowest BCUT2D eigenvalue weighted by molar-refractivity contribution is 0.292. The molecule has 5 nitrogen and oxygen atoms in total. The summed E-state index contributed by atoms with van der Waals surface area (Å²) < 4.78 is 0. The Labute approximate surface area is 155 Å². The third-order valence-electron chi connectivity index (χ3n) is 5.61. The predicted octanol–water partition coefficient (Wildman–Crippen LogP) is 3.83. The Balaban J connectivity index is 1.67. The van der Waals surface area contributed by atoms with Crippen LogP contribution in [0.2, 0.25) is 0 Å². The van der Waals surface area contributed by atoms with E-state index in [1.807, 2.05) is 0 Å². The second-order valence-electron chi connectivity index (χ2n) is 7.70. The molecule has 3 heterocycles. The molecule has 1 fully saturated rings. The minimum atomic E-state index is 0.177.